The second kappa shape index (κ2) is 10.9. The van der Waals surface area contributed by atoms with E-state index >= 15 is 0 Å². The van der Waals surface area contributed by atoms with Crippen molar-refractivity contribution in [2.24, 2.45) is 5.73 Å². The van der Waals surface area contributed by atoms with Gasteiger partial charge in [-0.05, 0) is 24.6 Å². The van der Waals surface area contributed by atoms with Crippen molar-refractivity contribution in [1.82, 2.24) is 9.97 Å². The minimum atomic E-state index is -4.74. The molecule has 0 radical (unpaired) electrons. The first kappa shape index (κ1) is 27.1. The number of amidine groups is 1. The molecule has 0 unspecified atom stereocenters. The number of nitrogens with two attached hydrogens (primary N) is 1. The summed E-state index contributed by atoms with van der Waals surface area (Å²) in [5.74, 6) is -8.30. The van der Waals surface area contributed by atoms with E-state index in [0.717, 1.165) is 12.1 Å². The normalized spacial score (nSPS) is 12.8. The largest absolute Gasteiger partial charge is 0.459 e. The Hall–Kier alpha value is -3.13. The summed E-state index contributed by atoms with van der Waals surface area (Å²) in [6, 6.07) is 1.23. The second-order valence-corrected chi connectivity index (χ2v) is 7.23. The first-order chi connectivity index (χ1) is 15.8. The van der Waals surface area contributed by atoms with Crippen LogP contribution in [0.1, 0.15) is 34.1 Å². The molecule has 0 aliphatic heterocycles. The number of ether oxygens (including phenoxy) is 2. The van der Waals surface area contributed by atoms with Crippen LogP contribution in [0, 0.1) is 11.2 Å². The number of carbonyl (C=O) groups excluding carboxylic acids is 1. The van der Waals surface area contributed by atoms with Crippen molar-refractivity contribution in [2.45, 2.75) is 24.4 Å². The van der Waals surface area contributed by atoms with Crippen LogP contribution in [0.5, 0.6) is 0 Å². The number of pyridine rings is 2. The quantitative estimate of drug-likeness (QED) is 0.262. The Balaban J connectivity index is 2.35. The van der Waals surface area contributed by atoms with E-state index in [1.807, 2.05) is 0 Å². The van der Waals surface area contributed by atoms with E-state index in [9.17, 15) is 31.1 Å². The number of nitrogens with one attached hydrogen (secondary N) is 2. The topological polar surface area (TPSA) is 123 Å². The van der Waals surface area contributed by atoms with E-state index in [0.29, 0.717) is 12.3 Å². The molecule has 0 aromatic carbocycles. The van der Waals surface area contributed by atoms with Crippen molar-refractivity contribution in [3.8, 4) is 0 Å². The Morgan fingerprint density at radius 1 is 1.29 bits per heavy atom. The van der Waals surface area contributed by atoms with Crippen LogP contribution < -0.4 is 11.1 Å². The highest BCUT2D eigenvalue weighted by molar-refractivity contribution is 6.34. The number of aromatic nitrogens is 2. The maximum Gasteiger partial charge on any atom is 0.417 e. The standard InChI is InChI=1S/C19H18ClF6N5O3/c1-33-5-4-10(18(22,23)8-34-17(27)28)14-12(21)2-3-13(30-14)31-16(32)15-11(20)6-9(7-29-15)19(24,25)26/h2-3,6-7,10H,4-5,8H2,1H3,(H3,27,28)(H,30,31,32)/t10-/m0/s1. The number of alkyl halides is 5. The Kier molecular flexibility index (Phi) is 8.66. The van der Waals surface area contributed by atoms with Gasteiger partial charge in [0.2, 0.25) is 0 Å². The van der Waals surface area contributed by atoms with Gasteiger partial charge in [0.1, 0.15) is 17.3 Å². The molecule has 0 saturated heterocycles. The lowest BCUT2D eigenvalue weighted by Gasteiger charge is -2.26. The lowest BCUT2D eigenvalue weighted by Crippen LogP contribution is -2.36. The summed E-state index contributed by atoms with van der Waals surface area (Å²) in [7, 11) is 1.24. The molecular weight excluding hydrogens is 496 g/mol. The van der Waals surface area contributed by atoms with Gasteiger partial charge in [-0.3, -0.25) is 10.2 Å². The lowest BCUT2D eigenvalue weighted by molar-refractivity contribution is -0.137. The van der Waals surface area contributed by atoms with E-state index in [1.165, 1.54) is 7.11 Å². The van der Waals surface area contributed by atoms with Gasteiger partial charge >= 0.3 is 6.18 Å². The fourth-order valence-electron chi connectivity index (χ4n) is 2.77. The molecule has 0 bridgehead atoms. The number of rotatable bonds is 9. The molecule has 0 aliphatic carbocycles. The molecule has 186 valence electrons. The number of anilines is 1. The molecule has 2 rings (SSSR count). The fraction of sp³-hybridized carbons (Fsp3) is 0.368. The third-order valence-electron chi connectivity index (χ3n) is 4.37. The molecule has 15 heteroatoms. The zero-order valence-electron chi connectivity index (χ0n) is 17.4. The third-order valence-corrected chi connectivity index (χ3v) is 4.66. The van der Waals surface area contributed by atoms with E-state index in [-0.39, 0.29) is 6.61 Å². The van der Waals surface area contributed by atoms with Crippen molar-refractivity contribution >= 4 is 29.3 Å². The maximum absolute atomic E-state index is 14.7. The molecule has 4 N–H and O–H groups in total. The zero-order valence-corrected chi connectivity index (χ0v) is 18.1. The predicted octanol–water partition coefficient (Wildman–Crippen LogP) is 4.21. The molecule has 34 heavy (non-hydrogen) atoms. The maximum atomic E-state index is 14.7. The lowest BCUT2D eigenvalue weighted by atomic mass is 9.93. The highest BCUT2D eigenvalue weighted by atomic mass is 35.5. The van der Waals surface area contributed by atoms with Crippen molar-refractivity contribution < 1.29 is 40.6 Å². The SMILES string of the molecule is COCC[C@@H](c1nc(NC(=O)c2ncc(C(F)(F)F)cc2Cl)ccc1F)C(F)(F)COC(=N)N. The van der Waals surface area contributed by atoms with Gasteiger partial charge in [-0.2, -0.15) is 13.2 Å². The first-order valence-electron chi connectivity index (χ1n) is 9.30. The van der Waals surface area contributed by atoms with Gasteiger partial charge in [-0.1, -0.05) is 11.6 Å². The molecule has 0 saturated carbocycles. The number of hydrogen-bond donors (Lipinski definition) is 3. The Bertz CT molecular complexity index is 1050. The zero-order chi connectivity index (χ0) is 25.7. The van der Waals surface area contributed by atoms with Gasteiger partial charge in [0.15, 0.2) is 6.61 Å². The van der Waals surface area contributed by atoms with Crippen LogP contribution in [0.15, 0.2) is 24.4 Å². The van der Waals surface area contributed by atoms with E-state index in [2.05, 4.69) is 20.0 Å². The van der Waals surface area contributed by atoms with Crippen molar-refractivity contribution in [3.05, 3.63) is 52.2 Å². The molecule has 1 atom stereocenters. The van der Waals surface area contributed by atoms with Crippen LogP contribution in [0.4, 0.5) is 32.2 Å². The average molecular weight is 514 g/mol. The summed E-state index contributed by atoms with van der Waals surface area (Å²) >= 11 is 5.72. The summed E-state index contributed by atoms with van der Waals surface area (Å²) < 4.78 is 91.3. The van der Waals surface area contributed by atoms with Crippen LogP contribution in [0.2, 0.25) is 5.02 Å². The Labute approximate surface area is 193 Å². The summed E-state index contributed by atoms with van der Waals surface area (Å²) in [6.07, 6.45) is -4.77. The highest BCUT2D eigenvalue weighted by Crippen LogP contribution is 2.37. The number of methoxy groups -OCH3 is 1. The molecule has 2 aromatic heterocycles. The summed E-state index contributed by atoms with van der Waals surface area (Å²) in [5.41, 5.74) is 2.40. The summed E-state index contributed by atoms with van der Waals surface area (Å²) in [4.78, 5) is 19.5. The van der Waals surface area contributed by atoms with Gasteiger partial charge in [-0.15, -0.1) is 0 Å². The van der Waals surface area contributed by atoms with Crippen LogP contribution in [-0.4, -0.2) is 48.1 Å². The number of carbonyl (C=O) groups is 1. The molecule has 2 heterocycles. The Morgan fingerprint density at radius 2 is 1.97 bits per heavy atom. The van der Waals surface area contributed by atoms with Crippen LogP contribution in [-0.2, 0) is 15.7 Å². The molecule has 0 spiro atoms. The third kappa shape index (κ3) is 6.93. The molecular formula is C19H18ClF6N5O3. The highest BCUT2D eigenvalue weighted by Gasteiger charge is 2.44. The molecule has 8 nitrogen and oxygen atoms in total. The van der Waals surface area contributed by atoms with Crippen LogP contribution >= 0.6 is 11.6 Å². The summed E-state index contributed by atoms with van der Waals surface area (Å²) in [6.45, 7) is -1.57. The van der Waals surface area contributed by atoms with E-state index in [1.54, 1.807) is 0 Å². The van der Waals surface area contributed by atoms with Gasteiger partial charge in [0.05, 0.1) is 22.2 Å². The fourth-order valence-corrected chi connectivity index (χ4v) is 3.02. The summed E-state index contributed by atoms with van der Waals surface area (Å²) in [5, 5.41) is 8.45. The van der Waals surface area contributed by atoms with Crippen LogP contribution in [0.25, 0.3) is 0 Å². The molecule has 0 fully saturated rings. The van der Waals surface area contributed by atoms with Gasteiger partial charge < -0.3 is 20.5 Å². The first-order valence-corrected chi connectivity index (χ1v) is 9.68. The number of hydrogen-bond acceptors (Lipinski definition) is 6. The minimum Gasteiger partial charge on any atom is -0.459 e. The van der Waals surface area contributed by atoms with Crippen molar-refractivity contribution in [3.63, 3.8) is 0 Å². The molecule has 0 aliphatic rings. The van der Waals surface area contributed by atoms with E-state index < -0.39 is 76.6 Å². The Morgan fingerprint density at radius 3 is 2.53 bits per heavy atom. The molecule has 1 amide bonds. The number of amides is 1. The minimum absolute atomic E-state index is 0.219. The van der Waals surface area contributed by atoms with Crippen molar-refractivity contribution in [2.75, 3.05) is 25.6 Å². The van der Waals surface area contributed by atoms with Gasteiger partial charge in [-0.25, -0.2) is 23.1 Å². The smallest absolute Gasteiger partial charge is 0.417 e. The average Bonchev–Trinajstić information content (AvgIpc) is 2.73. The van der Waals surface area contributed by atoms with Gasteiger partial charge in [0.25, 0.3) is 17.9 Å². The van der Waals surface area contributed by atoms with Crippen LogP contribution in [0.3, 0.4) is 0 Å². The number of halogens is 7. The second-order valence-electron chi connectivity index (χ2n) is 6.82. The number of nitrogens with zero attached hydrogens (tertiary/aromatic N) is 2. The predicted molar refractivity (Wildman–Crippen MR) is 108 cm³/mol. The van der Waals surface area contributed by atoms with Gasteiger partial charge in [0, 0.05) is 19.9 Å². The van der Waals surface area contributed by atoms with Crippen molar-refractivity contribution in [1.29, 1.82) is 5.41 Å². The monoisotopic (exact) mass is 513 g/mol. The molecule has 2 aromatic rings. The van der Waals surface area contributed by atoms with E-state index in [4.69, 9.17) is 27.5 Å².